The fraction of sp³-hybridized carbons (Fsp3) is 0.333. The predicted octanol–water partition coefficient (Wildman–Crippen LogP) is 3.41. The molecule has 106 valence electrons. The van der Waals surface area contributed by atoms with E-state index in [1.54, 1.807) is 0 Å². The Morgan fingerprint density at radius 2 is 1.60 bits per heavy atom. The van der Waals surface area contributed by atoms with Crippen LogP contribution in [0.1, 0.15) is 29.7 Å². The van der Waals surface area contributed by atoms with Crippen LogP contribution in [0, 0.1) is 0 Å². The van der Waals surface area contributed by atoms with Crippen molar-refractivity contribution in [1.29, 1.82) is 0 Å². The second-order valence-corrected chi connectivity index (χ2v) is 5.29. The maximum absolute atomic E-state index is 10.3. The van der Waals surface area contributed by atoms with Gasteiger partial charge in [0, 0.05) is 13.1 Å². The Kier molecular flexibility index (Phi) is 5.33. The highest BCUT2D eigenvalue weighted by atomic mass is 16.3. The van der Waals surface area contributed by atoms with Crippen LogP contribution in [0.4, 0.5) is 0 Å². The summed E-state index contributed by atoms with van der Waals surface area (Å²) in [5.41, 5.74) is 3.56. The van der Waals surface area contributed by atoms with Crippen LogP contribution >= 0.6 is 0 Å². The van der Waals surface area contributed by atoms with Crippen molar-refractivity contribution in [2.75, 3.05) is 13.6 Å². The number of aliphatic hydroxyl groups excluding tert-OH is 1. The summed E-state index contributed by atoms with van der Waals surface area (Å²) in [6.07, 6.45) is 0.596. The average Bonchev–Trinajstić information content (AvgIpc) is 2.48. The van der Waals surface area contributed by atoms with Crippen LogP contribution in [0.5, 0.6) is 0 Å². The van der Waals surface area contributed by atoms with E-state index in [0.29, 0.717) is 6.54 Å². The van der Waals surface area contributed by atoms with Gasteiger partial charge >= 0.3 is 0 Å². The first-order chi connectivity index (χ1) is 9.69. The summed E-state index contributed by atoms with van der Waals surface area (Å²) in [5.74, 6) is 0. The topological polar surface area (TPSA) is 23.5 Å². The first-order valence-corrected chi connectivity index (χ1v) is 7.18. The van der Waals surface area contributed by atoms with Crippen molar-refractivity contribution < 1.29 is 5.11 Å². The minimum atomic E-state index is -0.436. The zero-order chi connectivity index (χ0) is 14.4. The molecular formula is C18H23NO. The molecule has 0 saturated carbocycles. The van der Waals surface area contributed by atoms with Gasteiger partial charge in [-0.25, -0.2) is 0 Å². The van der Waals surface area contributed by atoms with Gasteiger partial charge in [-0.3, -0.25) is 4.90 Å². The molecule has 2 nitrogen and oxygen atoms in total. The van der Waals surface area contributed by atoms with E-state index >= 15 is 0 Å². The predicted molar refractivity (Wildman–Crippen MR) is 83.6 cm³/mol. The highest BCUT2D eigenvalue weighted by molar-refractivity contribution is 5.24. The number of aryl methyl sites for hydroxylation is 1. The average molecular weight is 269 g/mol. The van der Waals surface area contributed by atoms with Gasteiger partial charge in [0.1, 0.15) is 0 Å². The van der Waals surface area contributed by atoms with Crippen molar-refractivity contribution >= 4 is 0 Å². The standard InChI is InChI=1S/C18H23NO/c1-3-15-9-11-17(12-10-15)18(20)14-19(2)13-16-7-5-4-6-8-16/h4-12,18,20H,3,13-14H2,1-2H3. The first kappa shape index (κ1) is 14.8. The van der Waals surface area contributed by atoms with E-state index < -0.39 is 6.10 Å². The minimum Gasteiger partial charge on any atom is -0.387 e. The highest BCUT2D eigenvalue weighted by Crippen LogP contribution is 2.16. The Bertz CT molecular complexity index is 507. The number of nitrogens with zero attached hydrogens (tertiary/aromatic N) is 1. The molecule has 0 radical (unpaired) electrons. The van der Waals surface area contributed by atoms with Crippen molar-refractivity contribution in [3.63, 3.8) is 0 Å². The van der Waals surface area contributed by atoms with E-state index in [2.05, 4.69) is 36.1 Å². The molecule has 0 saturated heterocycles. The molecule has 1 unspecified atom stereocenters. The number of hydrogen-bond acceptors (Lipinski definition) is 2. The summed E-state index contributed by atoms with van der Waals surface area (Å²) < 4.78 is 0. The molecule has 0 fully saturated rings. The lowest BCUT2D eigenvalue weighted by atomic mass is 10.1. The van der Waals surface area contributed by atoms with E-state index in [-0.39, 0.29) is 0 Å². The minimum absolute atomic E-state index is 0.436. The number of rotatable bonds is 6. The Hall–Kier alpha value is -1.64. The molecule has 0 aromatic heterocycles. The molecule has 0 aliphatic heterocycles. The highest BCUT2D eigenvalue weighted by Gasteiger charge is 2.10. The third-order valence-corrected chi connectivity index (χ3v) is 3.55. The lowest BCUT2D eigenvalue weighted by Gasteiger charge is -2.21. The fourth-order valence-corrected chi connectivity index (χ4v) is 2.34. The Morgan fingerprint density at radius 3 is 2.20 bits per heavy atom. The summed E-state index contributed by atoms with van der Waals surface area (Å²) in [6.45, 7) is 3.63. The molecule has 0 aliphatic carbocycles. The second-order valence-electron chi connectivity index (χ2n) is 5.29. The summed E-state index contributed by atoms with van der Waals surface area (Å²) in [4.78, 5) is 2.15. The van der Waals surface area contributed by atoms with Gasteiger partial charge in [0.2, 0.25) is 0 Å². The van der Waals surface area contributed by atoms with Gasteiger partial charge in [0.05, 0.1) is 6.10 Å². The normalized spacial score (nSPS) is 12.6. The molecule has 0 heterocycles. The van der Waals surface area contributed by atoms with Crippen LogP contribution in [0.2, 0.25) is 0 Å². The zero-order valence-corrected chi connectivity index (χ0v) is 12.3. The lowest BCUT2D eigenvalue weighted by Crippen LogP contribution is -2.24. The summed E-state index contributed by atoms with van der Waals surface area (Å²) in [5, 5.41) is 10.3. The molecule has 2 heteroatoms. The van der Waals surface area contributed by atoms with Crippen LogP contribution in [0.3, 0.4) is 0 Å². The molecule has 20 heavy (non-hydrogen) atoms. The Morgan fingerprint density at radius 1 is 0.950 bits per heavy atom. The van der Waals surface area contributed by atoms with Gasteiger partial charge < -0.3 is 5.11 Å². The molecule has 0 bridgehead atoms. The van der Waals surface area contributed by atoms with Crippen molar-refractivity contribution in [1.82, 2.24) is 4.90 Å². The maximum atomic E-state index is 10.3. The second kappa shape index (κ2) is 7.22. The van der Waals surface area contributed by atoms with Gasteiger partial charge in [0.25, 0.3) is 0 Å². The van der Waals surface area contributed by atoms with Crippen molar-refractivity contribution in [2.24, 2.45) is 0 Å². The molecule has 0 spiro atoms. The van der Waals surface area contributed by atoms with Crippen LogP contribution < -0.4 is 0 Å². The van der Waals surface area contributed by atoms with Crippen molar-refractivity contribution in [2.45, 2.75) is 26.0 Å². The number of benzene rings is 2. The van der Waals surface area contributed by atoms with Gasteiger partial charge in [-0.1, -0.05) is 61.5 Å². The van der Waals surface area contributed by atoms with Crippen molar-refractivity contribution in [3.05, 3.63) is 71.3 Å². The monoisotopic (exact) mass is 269 g/mol. The molecule has 1 atom stereocenters. The SMILES string of the molecule is CCc1ccc(C(O)CN(C)Cc2ccccc2)cc1. The smallest absolute Gasteiger partial charge is 0.0916 e. The molecular weight excluding hydrogens is 246 g/mol. The van der Waals surface area contributed by atoms with Crippen LogP contribution in [0.15, 0.2) is 54.6 Å². The number of aliphatic hydroxyl groups is 1. The van der Waals surface area contributed by atoms with E-state index in [1.165, 1.54) is 11.1 Å². The van der Waals surface area contributed by atoms with Gasteiger partial charge in [-0.05, 0) is 30.2 Å². The molecule has 0 amide bonds. The third kappa shape index (κ3) is 4.19. The number of likely N-dealkylation sites (N-methyl/N-ethyl adjacent to an activating group) is 1. The lowest BCUT2D eigenvalue weighted by molar-refractivity contribution is 0.124. The van der Waals surface area contributed by atoms with E-state index in [1.807, 2.05) is 37.4 Å². The van der Waals surface area contributed by atoms with Gasteiger partial charge in [-0.2, -0.15) is 0 Å². The van der Waals surface area contributed by atoms with Crippen molar-refractivity contribution in [3.8, 4) is 0 Å². The molecule has 1 N–H and O–H groups in total. The fourth-order valence-electron chi connectivity index (χ4n) is 2.34. The first-order valence-electron chi connectivity index (χ1n) is 7.18. The molecule has 2 aromatic rings. The molecule has 2 rings (SSSR count). The number of hydrogen-bond donors (Lipinski definition) is 1. The molecule has 2 aromatic carbocycles. The Balaban J connectivity index is 1.91. The molecule has 0 aliphatic rings. The van der Waals surface area contributed by atoms with Crippen LogP contribution in [-0.2, 0) is 13.0 Å². The summed E-state index contributed by atoms with van der Waals surface area (Å²) in [7, 11) is 2.04. The van der Waals surface area contributed by atoms with E-state index in [9.17, 15) is 5.11 Å². The van der Waals surface area contributed by atoms with Crippen LogP contribution in [-0.4, -0.2) is 23.6 Å². The van der Waals surface area contributed by atoms with Gasteiger partial charge in [-0.15, -0.1) is 0 Å². The quantitative estimate of drug-likeness (QED) is 0.868. The summed E-state index contributed by atoms with van der Waals surface area (Å²) in [6, 6.07) is 18.6. The zero-order valence-electron chi connectivity index (χ0n) is 12.3. The Labute approximate surface area is 121 Å². The van der Waals surface area contributed by atoms with E-state index in [4.69, 9.17) is 0 Å². The largest absolute Gasteiger partial charge is 0.387 e. The van der Waals surface area contributed by atoms with Crippen LogP contribution in [0.25, 0.3) is 0 Å². The third-order valence-electron chi connectivity index (χ3n) is 3.55. The van der Waals surface area contributed by atoms with Gasteiger partial charge in [0.15, 0.2) is 0 Å². The summed E-state index contributed by atoms with van der Waals surface area (Å²) >= 11 is 0. The van der Waals surface area contributed by atoms with E-state index in [0.717, 1.165) is 18.5 Å². The maximum Gasteiger partial charge on any atom is 0.0916 e.